The van der Waals surface area contributed by atoms with Crippen LogP contribution < -0.4 is 0 Å². The quantitative estimate of drug-likeness (QED) is 0.193. The van der Waals surface area contributed by atoms with E-state index in [4.69, 9.17) is 0 Å². The van der Waals surface area contributed by atoms with E-state index in [-0.39, 0.29) is 46.4 Å². The molecule has 39 heavy (non-hydrogen) atoms. The lowest BCUT2D eigenvalue weighted by Gasteiger charge is -2.27. The molecule has 0 amide bonds. The Hall–Kier alpha value is -1.78. The van der Waals surface area contributed by atoms with E-state index in [9.17, 15) is 19.8 Å². The molecule has 0 aromatic rings. The molecule has 0 saturated carbocycles. The summed E-state index contributed by atoms with van der Waals surface area (Å²) in [6, 6.07) is 0. The highest BCUT2D eigenvalue weighted by atomic mass is 16.3. The third-order valence-electron chi connectivity index (χ3n) is 8.20. The van der Waals surface area contributed by atoms with Crippen LogP contribution in [0.1, 0.15) is 126 Å². The SMILES string of the molecule is CC1(C)C=C(CCCCC(C)(C)CO)C(=O)C(CCCC2=CC(C)(C)C=C(CCCCC(C)(C)CO)C2=O)=C1. The third-order valence-corrected chi connectivity index (χ3v) is 8.20. The Kier molecular flexibility index (Phi) is 11.8. The molecule has 0 saturated heterocycles. The van der Waals surface area contributed by atoms with Crippen molar-refractivity contribution in [2.45, 2.75) is 126 Å². The van der Waals surface area contributed by atoms with E-state index in [1.165, 1.54) is 0 Å². The molecule has 0 aliphatic heterocycles. The van der Waals surface area contributed by atoms with Gasteiger partial charge in [-0.05, 0) is 90.9 Å². The summed E-state index contributed by atoms with van der Waals surface area (Å²) < 4.78 is 0. The van der Waals surface area contributed by atoms with Gasteiger partial charge in [0.15, 0.2) is 11.6 Å². The molecule has 0 bridgehead atoms. The van der Waals surface area contributed by atoms with Crippen LogP contribution in [0.5, 0.6) is 0 Å². The third kappa shape index (κ3) is 11.0. The van der Waals surface area contributed by atoms with Crippen molar-refractivity contribution in [1.82, 2.24) is 0 Å². The van der Waals surface area contributed by atoms with Crippen molar-refractivity contribution in [2.75, 3.05) is 13.2 Å². The largest absolute Gasteiger partial charge is 0.396 e. The maximum Gasteiger partial charge on any atom is 0.184 e. The predicted molar refractivity (Wildman–Crippen MR) is 162 cm³/mol. The number of ketones is 2. The normalized spacial score (nSPS) is 19.4. The Bertz CT molecular complexity index is 918. The van der Waals surface area contributed by atoms with Crippen molar-refractivity contribution in [2.24, 2.45) is 21.7 Å². The van der Waals surface area contributed by atoms with Gasteiger partial charge in [-0.2, -0.15) is 0 Å². The van der Waals surface area contributed by atoms with Gasteiger partial charge in [-0.1, -0.05) is 92.5 Å². The number of Topliss-reactive ketones (excluding diaryl/α,β-unsaturated/α-hetero) is 2. The second kappa shape index (κ2) is 13.7. The van der Waals surface area contributed by atoms with Crippen LogP contribution in [0.2, 0.25) is 0 Å². The summed E-state index contributed by atoms with van der Waals surface area (Å²) in [5, 5.41) is 19.0. The molecule has 2 N–H and O–H groups in total. The first-order valence-corrected chi connectivity index (χ1v) is 15.2. The van der Waals surface area contributed by atoms with Crippen molar-refractivity contribution in [3.8, 4) is 0 Å². The Balaban J connectivity index is 1.93. The average molecular weight is 541 g/mol. The fourth-order valence-corrected chi connectivity index (χ4v) is 5.76. The van der Waals surface area contributed by atoms with E-state index < -0.39 is 0 Å². The molecule has 0 fully saturated rings. The maximum atomic E-state index is 13.3. The van der Waals surface area contributed by atoms with Gasteiger partial charge < -0.3 is 10.2 Å². The van der Waals surface area contributed by atoms with Crippen LogP contribution in [-0.2, 0) is 9.59 Å². The summed E-state index contributed by atoms with van der Waals surface area (Å²) in [4.78, 5) is 26.6. The number of hydrogen-bond acceptors (Lipinski definition) is 4. The predicted octanol–water partition coefficient (Wildman–Crippen LogP) is 8.24. The highest BCUT2D eigenvalue weighted by Crippen LogP contribution is 2.37. The van der Waals surface area contributed by atoms with Gasteiger partial charge in [-0.3, -0.25) is 9.59 Å². The standard InChI is InChI=1S/C35H56O4/c1-32(2,24-36)18-11-9-14-26-20-34(5,6)22-28(30(26)38)16-13-17-29-23-35(7,8)21-27(31(29)39)15-10-12-19-33(3,4)25-37/h20-23,36-37H,9-19,24-25H2,1-8H3. The highest BCUT2D eigenvalue weighted by Gasteiger charge is 2.29. The smallest absolute Gasteiger partial charge is 0.184 e. The van der Waals surface area contributed by atoms with Crippen molar-refractivity contribution >= 4 is 11.6 Å². The summed E-state index contributed by atoms with van der Waals surface area (Å²) in [6.07, 6.45) is 18.0. The summed E-state index contributed by atoms with van der Waals surface area (Å²) in [7, 11) is 0. The number of hydrogen-bond donors (Lipinski definition) is 2. The van der Waals surface area contributed by atoms with Crippen LogP contribution >= 0.6 is 0 Å². The maximum absolute atomic E-state index is 13.3. The zero-order valence-electron chi connectivity index (χ0n) is 26.2. The number of allylic oxidation sites excluding steroid dienone is 8. The van der Waals surface area contributed by atoms with Crippen LogP contribution in [0.4, 0.5) is 0 Å². The first-order valence-electron chi connectivity index (χ1n) is 15.2. The molecule has 220 valence electrons. The average Bonchev–Trinajstić information content (AvgIpc) is 2.84. The van der Waals surface area contributed by atoms with Gasteiger partial charge in [-0.15, -0.1) is 0 Å². The monoisotopic (exact) mass is 540 g/mol. The molecular formula is C35H56O4. The second-order valence-electron chi connectivity index (χ2n) is 14.9. The van der Waals surface area contributed by atoms with Gasteiger partial charge >= 0.3 is 0 Å². The minimum Gasteiger partial charge on any atom is -0.396 e. The van der Waals surface area contributed by atoms with Crippen LogP contribution in [0.3, 0.4) is 0 Å². The zero-order valence-corrected chi connectivity index (χ0v) is 26.2. The minimum absolute atomic E-state index is 0.0685. The number of aliphatic hydroxyl groups excluding tert-OH is 2. The lowest BCUT2D eigenvalue weighted by Crippen LogP contribution is -2.21. The van der Waals surface area contributed by atoms with Gasteiger partial charge in [0.05, 0.1) is 0 Å². The molecule has 4 heteroatoms. The van der Waals surface area contributed by atoms with Crippen molar-refractivity contribution in [1.29, 1.82) is 0 Å². The fourth-order valence-electron chi connectivity index (χ4n) is 5.76. The molecule has 4 nitrogen and oxygen atoms in total. The summed E-state index contributed by atoms with van der Waals surface area (Å²) >= 11 is 0. The molecule has 0 atom stereocenters. The molecule has 0 radical (unpaired) electrons. The first kappa shape index (κ1) is 33.4. The highest BCUT2D eigenvalue weighted by molar-refractivity contribution is 6.10. The topological polar surface area (TPSA) is 74.6 Å². The van der Waals surface area contributed by atoms with E-state index in [1.54, 1.807) is 0 Å². The molecule has 0 unspecified atom stereocenters. The van der Waals surface area contributed by atoms with E-state index in [0.717, 1.165) is 80.1 Å². The number of carbonyl (C=O) groups excluding carboxylic acids is 2. The number of rotatable bonds is 16. The zero-order chi connectivity index (χ0) is 29.5. The van der Waals surface area contributed by atoms with Gasteiger partial charge in [0.2, 0.25) is 0 Å². The Morgan fingerprint density at radius 3 is 1.10 bits per heavy atom. The van der Waals surface area contributed by atoms with Crippen molar-refractivity contribution in [3.63, 3.8) is 0 Å². The molecule has 2 aliphatic carbocycles. The Morgan fingerprint density at radius 1 is 0.538 bits per heavy atom. The Labute approximate surface area is 238 Å². The summed E-state index contributed by atoms with van der Waals surface area (Å²) in [5.41, 5.74) is 3.18. The lowest BCUT2D eigenvalue weighted by molar-refractivity contribution is -0.113. The summed E-state index contributed by atoms with van der Waals surface area (Å²) in [5.74, 6) is 0.345. The molecule has 0 heterocycles. The second-order valence-corrected chi connectivity index (χ2v) is 14.9. The first-order chi connectivity index (χ1) is 18.0. The van der Waals surface area contributed by atoms with E-state index in [2.05, 4.69) is 79.7 Å². The van der Waals surface area contributed by atoms with Crippen LogP contribution in [0.15, 0.2) is 46.6 Å². The molecule has 0 aromatic carbocycles. The van der Waals surface area contributed by atoms with E-state index in [0.29, 0.717) is 12.8 Å². The van der Waals surface area contributed by atoms with Gasteiger partial charge in [0.1, 0.15) is 0 Å². The lowest BCUT2D eigenvalue weighted by atomic mass is 9.76. The molecular weight excluding hydrogens is 484 g/mol. The van der Waals surface area contributed by atoms with Gasteiger partial charge in [0, 0.05) is 24.0 Å². The van der Waals surface area contributed by atoms with Crippen LogP contribution in [-0.4, -0.2) is 35.0 Å². The molecule has 2 rings (SSSR count). The molecule has 2 aliphatic rings. The molecule has 0 spiro atoms. The Morgan fingerprint density at radius 2 is 0.821 bits per heavy atom. The number of aliphatic hydroxyl groups is 2. The summed E-state index contributed by atoms with van der Waals surface area (Å²) in [6.45, 7) is 17.3. The van der Waals surface area contributed by atoms with Gasteiger partial charge in [0.25, 0.3) is 0 Å². The van der Waals surface area contributed by atoms with E-state index >= 15 is 0 Å². The fraction of sp³-hybridized carbons (Fsp3) is 0.714. The van der Waals surface area contributed by atoms with Crippen molar-refractivity contribution < 1.29 is 19.8 Å². The number of unbranched alkanes of at least 4 members (excludes halogenated alkanes) is 2. The van der Waals surface area contributed by atoms with Crippen LogP contribution in [0.25, 0.3) is 0 Å². The van der Waals surface area contributed by atoms with Crippen LogP contribution in [0, 0.1) is 21.7 Å². The van der Waals surface area contributed by atoms with Gasteiger partial charge in [-0.25, -0.2) is 0 Å². The van der Waals surface area contributed by atoms with E-state index in [1.807, 2.05) is 0 Å². The molecule has 0 aromatic heterocycles. The minimum atomic E-state index is -0.147. The van der Waals surface area contributed by atoms with Crippen molar-refractivity contribution in [3.05, 3.63) is 46.6 Å². The number of carbonyl (C=O) groups is 2.